The third-order valence-corrected chi connectivity index (χ3v) is 4.60. The molecule has 88 valence electrons. The fourth-order valence-electron chi connectivity index (χ4n) is 1.96. The second kappa shape index (κ2) is 4.07. The van der Waals surface area contributed by atoms with Gasteiger partial charge in [-0.15, -0.1) is 0 Å². The third-order valence-electron chi connectivity index (χ3n) is 2.73. The third kappa shape index (κ3) is 2.05. The molecule has 1 heterocycles. The second-order valence-electron chi connectivity index (χ2n) is 4.13. The van der Waals surface area contributed by atoms with Crippen molar-refractivity contribution < 1.29 is 13.5 Å². The van der Waals surface area contributed by atoms with E-state index in [1.54, 1.807) is 12.1 Å². The smallest absolute Gasteiger partial charge is 0.182 e. The summed E-state index contributed by atoms with van der Waals surface area (Å²) in [5.41, 5.74) is 1.68. The van der Waals surface area contributed by atoms with Gasteiger partial charge in [-0.25, -0.2) is 8.42 Å². The van der Waals surface area contributed by atoms with E-state index in [1.807, 2.05) is 13.0 Å². The van der Waals surface area contributed by atoms with E-state index < -0.39 is 9.84 Å². The van der Waals surface area contributed by atoms with Crippen molar-refractivity contribution in [3.8, 4) is 0 Å². The van der Waals surface area contributed by atoms with E-state index in [-0.39, 0.29) is 18.4 Å². The van der Waals surface area contributed by atoms with Crippen LogP contribution in [0.5, 0.6) is 0 Å². The van der Waals surface area contributed by atoms with Crippen LogP contribution < -0.4 is 5.32 Å². The summed E-state index contributed by atoms with van der Waals surface area (Å²) in [5, 5.41) is 12.0. The monoisotopic (exact) mass is 241 g/mol. The number of aliphatic hydroxyl groups is 1. The van der Waals surface area contributed by atoms with Crippen molar-refractivity contribution in [2.45, 2.75) is 24.3 Å². The first-order chi connectivity index (χ1) is 7.53. The molecule has 0 saturated heterocycles. The minimum absolute atomic E-state index is 0.00562. The van der Waals surface area contributed by atoms with Gasteiger partial charge in [0.1, 0.15) is 0 Å². The molecular weight excluding hydrogens is 226 g/mol. The highest BCUT2D eigenvalue weighted by Gasteiger charge is 2.29. The maximum atomic E-state index is 11.9. The van der Waals surface area contributed by atoms with Gasteiger partial charge in [-0.3, -0.25) is 0 Å². The number of rotatable bonds is 2. The lowest BCUT2D eigenvalue weighted by Crippen LogP contribution is -2.34. The summed E-state index contributed by atoms with van der Waals surface area (Å²) in [4.78, 5) is 0.368. The Labute approximate surface area is 95.2 Å². The van der Waals surface area contributed by atoms with Crippen LogP contribution >= 0.6 is 0 Å². The van der Waals surface area contributed by atoms with Crippen molar-refractivity contribution in [3.05, 3.63) is 23.8 Å². The lowest BCUT2D eigenvalue weighted by atomic mass is 10.2. The van der Waals surface area contributed by atoms with Crippen LogP contribution in [-0.2, 0) is 9.84 Å². The predicted octanol–water partition coefficient (Wildman–Crippen LogP) is 0.945. The molecule has 16 heavy (non-hydrogen) atoms. The zero-order chi connectivity index (χ0) is 11.8. The molecular formula is C11H15NO3S. The number of aryl methyl sites for hydroxylation is 1. The minimum Gasteiger partial charge on any atom is -0.396 e. The molecule has 1 atom stereocenters. The molecule has 5 heteroatoms. The standard InChI is InChI=1S/C11H15NO3S/c1-8-2-3-11-10(6-8)12-9(4-5-13)7-16(11,14)15/h2-3,6,9,12-13H,4-5,7H2,1H3. The second-order valence-corrected chi connectivity index (χ2v) is 6.14. The van der Waals surface area contributed by atoms with E-state index in [1.165, 1.54) is 0 Å². The number of benzene rings is 1. The number of sulfone groups is 1. The molecule has 1 aromatic rings. The Morgan fingerprint density at radius 1 is 1.50 bits per heavy atom. The summed E-state index contributed by atoms with van der Waals surface area (Å²) in [6, 6.07) is 5.08. The van der Waals surface area contributed by atoms with Crippen LogP contribution in [0.4, 0.5) is 5.69 Å². The van der Waals surface area contributed by atoms with Gasteiger partial charge in [-0.05, 0) is 31.0 Å². The molecule has 4 nitrogen and oxygen atoms in total. The Balaban J connectivity index is 2.44. The Morgan fingerprint density at radius 2 is 2.25 bits per heavy atom. The van der Waals surface area contributed by atoms with Crippen LogP contribution in [0.2, 0.25) is 0 Å². The SMILES string of the molecule is Cc1ccc2c(c1)NC(CCO)CS2(=O)=O. The molecule has 2 rings (SSSR count). The molecule has 0 aliphatic carbocycles. The number of aliphatic hydroxyl groups excluding tert-OH is 1. The number of hydrogen-bond donors (Lipinski definition) is 2. The summed E-state index contributed by atoms with van der Waals surface area (Å²) in [6.45, 7) is 1.92. The fraction of sp³-hybridized carbons (Fsp3) is 0.455. The Hall–Kier alpha value is -1.07. The first-order valence-electron chi connectivity index (χ1n) is 5.24. The zero-order valence-electron chi connectivity index (χ0n) is 9.10. The maximum Gasteiger partial charge on any atom is 0.182 e. The van der Waals surface area contributed by atoms with Gasteiger partial charge in [-0.2, -0.15) is 0 Å². The largest absolute Gasteiger partial charge is 0.396 e. The number of hydrogen-bond acceptors (Lipinski definition) is 4. The molecule has 1 aliphatic heterocycles. The molecule has 1 unspecified atom stereocenters. The summed E-state index contributed by atoms with van der Waals surface area (Å²) in [7, 11) is -3.20. The lowest BCUT2D eigenvalue weighted by Gasteiger charge is -2.26. The van der Waals surface area contributed by atoms with Gasteiger partial charge in [0.15, 0.2) is 9.84 Å². The number of nitrogens with one attached hydrogen (secondary N) is 1. The number of anilines is 1. The normalized spacial score (nSPS) is 22.2. The minimum atomic E-state index is -3.20. The summed E-state index contributed by atoms with van der Waals surface area (Å²) in [6.07, 6.45) is 0.451. The molecule has 1 aromatic carbocycles. The van der Waals surface area contributed by atoms with Crippen molar-refractivity contribution in [3.63, 3.8) is 0 Å². The van der Waals surface area contributed by atoms with Crippen LogP contribution in [0.15, 0.2) is 23.1 Å². The van der Waals surface area contributed by atoms with Gasteiger partial charge in [0.05, 0.1) is 16.3 Å². The van der Waals surface area contributed by atoms with Gasteiger partial charge in [0.25, 0.3) is 0 Å². The highest BCUT2D eigenvalue weighted by Crippen LogP contribution is 2.29. The average Bonchev–Trinajstić information content (AvgIpc) is 2.15. The molecule has 0 saturated carbocycles. The Kier molecular flexibility index (Phi) is 2.90. The predicted molar refractivity (Wildman–Crippen MR) is 62.3 cm³/mol. The van der Waals surface area contributed by atoms with Crippen molar-refractivity contribution in [1.82, 2.24) is 0 Å². The van der Waals surface area contributed by atoms with Gasteiger partial charge in [0.2, 0.25) is 0 Å². The van der Waals surface area contributed by atoms with Crippen LogP contribution in [0.1, 0.15) is 12.0 Å². The number of fused-ring (bicyclic) bond motifs is 1. The summed E-state index contributed by atoms with van der Waals surface area (Å²) < 4.78 is 23.9. The lowest BCUT2D eigenvalue weighted by molar-refractivity contribution is 0.282. The van der Waals surface area contributed by atoms with Crippen molar-refractivity contribution in [2.75, 3.05) is 17.7 Å². The molecule has 0 spiro atoms. The highest BCUT2D eigenvalue weighted by atomic mass is 32.2. The van der Waals surface area contributed by atoms with E-state index in [0.29, 0.717) is 17.0 Å². The van der Waals surface area contributed by atoms with Crippen molar-refractivity contribution in [1.29, 1.82) is 0 Å². The Morgan fingerprint density at radius 3 is 2.94 bits per heavy atom. The van der Waals surface area contributed by atoms with E-state index in [9.17, 15) is 8.42 Å². The van der Waals surface area contributed by atoms with E-state index in [2.05, 4.69) is 5.32 Å². The highest BCUT2D eigenvalue weighted by molar-refractivity contribution is 7.91. The first-order valence-corrected chi connectivity index (χ1v) is 6.89. The Bertz CT molecular complexity index is 496. The first kappa shape index (κ1) is 11.4. The molecule has 1 aliphatic rings. The van der Waals surface area contributed by atoms with Gasteiger partial charge in [-0.1, -0.05) is 6.07 Å². The molecule has 0 bridgehead atoms. The topological polar surface area (TPSA) is 66.4 Å². The molecule has 0 radical (unpaired) electrons. The quantitative estimate of drug-likeness (QED) is 0.809. The van der Waals surface area contributed by atoms with Crippen molar-refractivity contribution in [2.24, 2.45) is 0 Å². The maximum absolute atomic E-state index is 11.9. The van der Waals surface area contributed by atoms with E-state index in [0.717, 1.165) is 5.56 Å². The van der Waals surface area contributed by atoms with E-state index in [4.69, 9.17) is 5.11 Å². The summed E-state index contributed by atoms with van der Waals surface area (Å²) in [5.74, 6) is 0.0591. The van der Waals surface area contributed by atoms with Crippen LogP contribution in [-0.4, -0.2) is 31.9 Å². The van der Waals surface area contributed by atoms with Crippen LogP contribution in [0, 0.1) is 6.92 Å². The van der Waals surface area contributed by atoms with Gasteiger partial charge < -0.3 is 10.4 Å². The van der Waals surface area contributed by atoms with Gasteiger partial charge in [0, 0.05) is 12.6 Å². The van der Waals surface area contributed by atoms with Crippen molar-refractivity contribution >= 4 is 15.5 Å². The fourth-order valence-corrected chi connectivity index (χ4v) is 3.64. The zero-order valence-corrected chi connectivity index (χ0v) is 9.92. The van der Waals surface area contributed by atoms with Gasteiger partial charge >= 0.3 is 0 Å². The van der Waals surface area contributed by atoms with E-state index >= 15 is 0 Å². The molecule has 0 fully saturated rings. The molecule has 2 N–H and O–H groups in total. The molecule has 0 amide bonds. The van der Waals surface area contributed by atoms with Crippen LogP contribution in [0.25, 0.3) is 0 Å². The average molecular weight is 241 g/mol. The summed E-state index contributed by atoms with van der Waals surface area (Å²) >= 11 is 0. The molecule has 0 aromatic heterocycles. The van der Waals surface area contributed by atoms with Crippen LogP contribution in [0.3, 0.4) is 0 Å².